The first-order chi connectivity index (χ1) is 9.02. The lowest BCUT2D eigenvalue weighted by atomic mass is 10.1. The fourth-order valence-corrected chi connectivity index (χ4v) is 1.70. The van der Waals surface area contributed by atoms with Gasteiger partial charge in [0.25, 0.3) is 0 Å². The Bertz CT molecular complexity index is 623. The van der Waals surface area contributed by atoms with E-state index >= 15 is 0 Å². The standard InChI is InChI=1S/C13H12F2N2O2/c1-3-19-13(18)11-7-12(17(2)16-11)8-4-5-9(14)10(15)6-8/h4-7H,3H2,1-2H3. The molecule has 0 spiro atoms. The summed E-state index contributed by atoms with van der Waals surface area (Å²) < 4.78 is 32.3. The van der Waals surface area contributed by atoms with E-state index in [9.17, 15) is 13.6 Å². The Balaban J connectivity index is 2.40. The summed E-state index contributed by atoms with van der Waals surface area (Å²) in [5.74, 6) is -2.42. The summed E-state index contributed by atoms with van der Waals surface area (Å²) in [4.78, 5) is 11.5. The van der Waals surface area contributed by atoms with E-state index in [1.807, 2.05) is 0 Å². The summed E-state index contributed by atoms with van der Waals surface area (Å²) in [6, 6.07) is 4.98. The number of hydrogen-bond donors (Lipinski definition) is 0. The minimum Gasteiger partial charge on any atom is -0.461 e. The quantitative estimate of drug-likeness (QED) is 0.802. The number of hydrogen-bond acceptors (Lipinski definition) is 3. The molecule has 0 radical (unpaired) electrons. The van der Waals surface area contributed by atoms with Crippen molar-refractivity contribution in [2.24, 2.45) is 7.05 Å². The molecule has 4 nitrogen and oxygen atoms in total. The number of carbonyl (C=O) groups excluding carboxylic acids is 1. The second-order valence-corrected chi connectivity index (χ2v) is 3.89. The molecular formula is C13H12F2N2O2. The summed E-state index contributed by atoms with van der Waals surface area (Å²) in [6.07, 6.45) is 0. The van der Waals surface area contributed by atoms with Gasteiger partial charge in [-0.25, -0.2) is 13.6 Å². The number of esters is 1. The molecule has 0 aliphatic rings. The van der Waals surface area contributed by atoms with Crippen LogP contribution in [0.4, 0.5) is 8.78 Å². The number of rotatable bonds is 3. The zero-order valence-electron chi connectivity index (χ0n) is 10.5. The van der Waals surface area contributed by atoms with Crippen LogP contribution in [-0.2, 0) is 11.8 Å². The molecule has 100 valence electrons. The average Bonchev–Trinajstić information content (AvgIpc) is 2.75. The number of benzene rings is 1. The fraction of sp³-hybridized carbons (Fsp3) is 0.231. The van der Waals surface area contributed by atoms with Crippen molar-refractivity contribution in [1.82, 2.24) is 9.78 Å². The fourth-order valence-electron chi connectivity index (χ4n) is 1.70. The summed E-state index contributed by atoms with van der Waals surface area (Å²) in [7, 11) is 1.61. The van der Waals surface area contributed by atoms with Crippen LogP contribution in [-0.4, -0.2) is 22.4 Å². The zero-order valence-corrected chi connectivity index (χ0v) is 10.5. The molecule has 0 aliphatic carbocycles. The number of ether oxygens (including phenoxy) is 1. The smallest absolute Gasteiger partial charge is 0.358 e. The van der Waals surface area contributed by atoms with Crippen molar-refractivity contribution < 1.29 is 18.3 Å². The maximum Gasteiger partial charge on any atom is 0.358 e. The van der Waals surface area contributed by atoms with Gasteiger partial charge >= 0.3 is 5.97 Å². The Hall–Kier alpha value is -2.24. The average molecular weight is 266 g/mol. The lowest BCUT2D eigenvalue weighted by Gasteiger charge is -2.01. The topological polar surface area (TPSA) is 44.1 Å². The number of halogens is 2. The van der Waals surface area contributed by atoms with Crippen molar-refractivity contribution in [2.75, 3.05) is 6.61 Å². The second kappa shape index (κ2) is 5.17. The van der Waals surface area contributed by atoms with Crippen LogP contribution in [0.15, 0.2) is 24.3 Å². The molecule has 0 N–H and O–H groups in total. The van der Waals surface area contributed by atoms with Crippen LogP contribution < -0.4 is 0 Å². The molecule has 0 aliphatic heterocycles. The third-order valence-corrected chi connectivity index (χ3v) is 2.58. The molecule has 0 amide bonds. The largest absolute Gasteiger partial charge is 0.461 e. The molecule has 1 heterocycles. The minimum atomic E-state index is -0.948. The van der Waals surface area contributed by atoms with Crippen molar-refractivity contribution in [1.29, 1.82) is 0 Å². The predicted octanol–water partition coefficient (Wildman–Crippen LogP) is 2.54. The number of carbonyl (C=O) groups is 1. The molecule has 0 saturated carbocycles. The van der Waals surface area contributed by atoms with Crippen molar-refractivity contribution in [3.63, 3.8) is 0 Å². The molecule has 1 aromatic heterocycles. The Morgan fingerprint density at radius 1 is 1.32 bits per heavy atom. The van der Waals surface area contributed by atoms with Crippen LogP contribution in [0.2, 0.25) is 0 Å². The van der Waals surface area contributed by atoms with E-state index in [-0.39, 0.29) is 12.3 Å². The number of aryl methyl sites for hydroxylation is 1. The highest BCUT2D eigenvalue weighted by molar-refractivity contribution is 5.88. The minimum absolute atomic E-state index is 0.129. The lowest BCUT2D eigenvalue weighted by molar-refractivity contribution is 0.0518. The van der Waals surface area contributed by atoms with Crippen LogP contribution in [0.3, 0.4) is 0 Å². The maximum atomic E-state index is 13.2. The zero-order chi connectivity index (χ0) is 14.0. The first-order valence-corrected chi connectivity index (χ1v) is 5.69. The molecule has 2 aromatic rings. The highest BCUT2D eigenvalue weighted by atomic mass is 19.2. The first kappa shape index (κ1) is 13.2. The molecular weight excluding hydrogens is 254 g/mol. The van der Waals surface area contributed by atoms with Crippen LogP contribution >= 0.6 is 0 Å². The SMILES string of the molecule is CCOC(=O)c1cc(-c2ccc(F)c(F)c2)n(C)n1. The van der Waals surface area contributed by atoms with Gasteiger partial charge in [-0.05, 0) is 31.2 Å². The van der Waals surface area contributed by atoms with Gasteiger partial charge in [0.2, 0.25) is 0 Å². The Morgan fingerprint density at radius 3 is 2.68 bits per heavy atom. The molecule has 0 atom stereocenters. The van der Waals surface area contributed by atoms with E-state index < -0.39 is 17.6 Å². The van der Waals surface area contributed by atoms with Crippen molar-refractivity contribution in [2.45, 2.75) is 6.92 Å². The van der Waals surface area contributed by atoms with E-state index in [1.165, 1.54) is 16.8 Å². The van der Waals surface area contributed by atoms with Gasteiger partial charge in [-0.2, -0.15) is 5.10 Å². The molecule has 19 heavy (non-hydrogen) atoms. The van der Waals surface area contributed by atoms with Crippen LogP contribution in [0.25, 0.3) is 11.3 Å². The van der Waals surface area contributed by atoms with E-state index in [2.05, 4.69) is 5.10 Å². The van der Waals surface area contributed by atoms with Gasteiger partial charge in [0.1, 0.15) is 0 Å². The third kappa shape index (κ3) is 2.62. The van der Waals surface area contributed by atoms with E-state index in [0.29, 0.717) is 11.3 Å². The van der Waals surface area contributed by atoms with E-state index in [1.54, 1.807) is 14.0 Å². The molecule has 0 fully saturated rings. The number of nitrogens with zero attached hydrogens (tertiary/aromatic N) is 2. The van der Waals surface area contributed by atoms with Crippen molar-refractivity contribution >= 4 is 5.97 Å². The van der Waals surface area contributed by atoms with Gasteiger partial charge in [0.05, 0.1) is 12.3 Å². The molecule has 0 unspecified atom stereocenters. The van der Waals surface area contributed by atoms with Gasteiger partial charge < -0.3 is 4.74 Å². The second-order valence-electron chi connectivity index (χ2n) is 3.89. The van der Waals surface area contributed by atoms with Gasteiger partial charge in [0, 0.05) is 12.6 Å². The van der Waals surface area contributed by atoms with Crippen LogP contribution in [0.1, 0.15) is 17.4 Å². The molecule has 6 heteroatoms. The predicted molar refractivity (Wildman–Crippen MR) is 64.5 cm³/mol. The van der Waals surface area contributed by atoms with Gasteiger partial charge in [0.15, 0.2) is 17.3 Å². The summed E-state index contributed by atoms with van der Waals surface area (Å²) in [5.41, 5.74) is 1.07. The summed E-state index contributed by atoms with van der Waals surface area (Å²) >= 11 is 0. The normalized spacial score (nSPS) is 10.5. The summed E-state index contributed by atoms with van der Waals surface area (Å²) in [6.45, 7) is 1.94. The monoisotopic (exact) mass is 266 g/mol. The van der Waals surface area contributed by atoms with Gasteiger partial charge in [-0.1, -0.05) is 0 Å². The van der Waals surface area contributed by atoms with Gasteiger partial charge in [-0.15, -0.1) is 0 Å². The highest BCUT2D eigenvalue weighted by Gasteiger charge is 2.15. The Kier molecular flexibility index (Phi) is 3.59. The Labute approximate surface area is 108 Å². The molecule has 0 bridgehead atoms. The molecule has 0 saturated heterocycles. The number of aromatic nitrogens is 2. The first-order valence-electron chi connectivity index (χ1n) is 5.69. The van der Waals surface area contributed by atoms with Crippen molar-refractivity contribution in [3.05, 3.63) is 41.6 Å². The molecule has 2 rings (SSSR count). The van der Waals surface area contributed by atoms with E-state index in [0.717, 1.165) is 12.1 Å². The van der Waals surface area contributed by atoms with Crippen LogP contribution in [0, 0.1) is 11.6 Å². The maximum absolute atomic E-state index is 13.2. The van der Waals surface area contributed by atoms with Gasteiger partial charge in [-0.3, -0.25) is 4.68 Å². The third-order valence-electron chi connectivity index (χ3n) is 2.58. The molecule has 1 aromatic carbocycles. The highest BCUT2D eigenvalue weighted by Crippen LogP contribution is 2.22. The summed E-state index contributed by atoms with van der Waals surface area (Å²) in [5, 5.41) is 3.98. The van der Waals surface area contributed by atoms with Crippen molar-refractivity contribution in [3.8, 4) is 11.3 Å². The Morgan fingerprint density at radius 2 is 2.05 bits per heavy atom. The van der Waals surface area contributed by atoms with Crippen LogP contribution in [0.5, 0.6) is 0 Å². The lowest BCUT2D eigenvalue weighted by Crippen LogP contribution is -2.05. The van der Waals surface area contributed by atoms with E-state index in [4.69, 9.17) is 4.74 Å².